The summed E-state index contributed by atoms with van der Waals surface area (Å²) in [6, 6.07) is 5.88. The lowest BCUT2D eigenvalue weighted by molar-refractivity contribution is 0.516. The molecule has 2 nitrogen and oxygen atoms in total. The summed E-state index contributed by atoms with van der Waals surface area (Å²) >= 11 is 0. The van der Waals surface area contributed by atoms with Crippen LogP contribution in [0, 0.1) is 11.7 Å². The largest absolute Gasteiger partial charge is 0.366 e. The third-order valence-corrected chi connectivity index (χ3v) is 4.52. The van der Waals surface area contributed by atoms with Gasteiger partial charge in [-0.05, 0) is 49.8 Å². The van der Waals surface area contributed by atoms with Crippen molar-refractivity contribution in [3.05, 3.63) is 29.6 Å². The maximum absolute atomic E-state index is 14.5. The molecule has 2 N–H and O–H groups in total. The number of anilines is 1. The lowest BCUT2D eigenvalue weighted by Crippen LogP contribution is -2.35. The van der Waals surface area contributed by atoms with Crippen LogP contribution in [-0.4, -0.2) is 12.6 Å². The maximum atomic E-state index is 14.5. The van der Waals surface area contributed by atoms with E-state index in [4.69, 9.17) is 5.73 Å². The van der Waals surface area contributed by atoms with Gasteiger partial charge >= 0.3 is 0 Å². The fraction of sp³-hybridized carbons (Fsp3) is 0.667. The van der Waals surface area contributed by atoms with Crippen LogP contribution in [-0.2, 0) is 0 Å². The summed E-state index contributed by atoms with van der Waals surface area (Å²) in [6.07, 6.45) is 6.01. The molecule has 1 aromatic carbocycles. The number of hydrogen-bond acceptors (Lipinski definition) is 2. The second-order valence-electron chi connectivity index (χ2n) is 6.81. The first-order valence-corrected chi connectivity index (χ1v) is 8.30. The SMILES string of the molecule is CC(C)CCN(c1ccc([C@@H](C)N)cc1F)C1CCCC1. The number of halogens is 1. The molecule has 0 aliphatic heterocycles. The summed E-state index contributed by atoms with van der Waals surface area (Å²) in [7, 11) is 0. The van der Waals surface area contributed by atoms with Gasteiger partial charge in [-0.25, -0.2) is 4.39 Å². The van der Waals surface area contributed by atoms with Gasteiger partial charge in [-0.15, -0.1) is 0 Å². The van der Waals surface area contributed by atoms with Gasteiger partial charge in [-0.3, -0.25) is 0 Å². The minimum absolute atomic E-state index is 0.121. The Labute approximate surface area is 128 Å². The molecule has 2 rings (SSSR count). The smallest absolute Gasteiger partial charge is 0.146 e. The summed E-state index contributed by atoms with van der Waals surface area (Å²) in [6.45, 7) is 7.28. The van der Waals surface area contributed by atoms with Crippen LogP contribution in [0.25, 0.3) is 0 Å². The second-order valence-corrected chi connectivity index (χ2v) is 6.81. The molecule has 0 amide bonds. The zero-order chi connectivity index (χ0) is 15.4. The van der Waals surface area contributed by atoms with Crippen molar-refractivity contribution in [2.24, 2.45) is 11.7 Å². The lowest BCUT2D eigenvalue weighted by Gasteiger charge is -2.32. The topological polar surface area (TPSA) is 29.3 Å². The van der Waals surface area contributed by atoms with E-state index in [-0.39, 0.29) is 11.9 Å². The van der Waals surface area contributed by atoms with Crippen molar-refractivity contribution in [1.82, 2.24) is 0 Å². The zero-order valence-corrected chi connectivity index (χ0v) is 13.6. The standard InChI is InChI=1S/C18H29FN2/c1-13(2)10-11-21(16-6-4-5-7-16)18-9-8-15(14(3)20)12-17(18)19/h8-9,12-14,16H,4-7,10-11,20H2,1-3H3/t14-/m1/s1. The molecule has 0 aromatic heterocycles. The highest BCUT2D eigenvalue weighted by molar-refractivity contribution is 5.50. The quantitative estimate of drug-likeness (QED) is 0.827. The number of rotatable bonds is 6. The van der Waals surface area contributed by atoms with Crippen molar-refractivity contribution in [1.29, 1.82) is 0 Å². The molecule has 118 valence electrons. The van der Waals surface area contributed by atoms with Crippen molar-refractivity contribution < 1.29 is 4.39 Å². The Balaban J connectivity index is 2.22. The lowest BCUT2D eigenvalue weighted by atomic mass is 10.0. The Morgan fingerprint density at radius 1 is 1.24 bits per heavy atom. The van der Waals surface area contributed by atoms with Crippen LogP contribution in [0.2, 0.25) is 0 Å². The van der Waals surface area contributed by atoms with E-state index in [1.807, 2.05) is 19.1 Å². The molecule has 3 heteroatoms. The van der Waals surface area contributed by atoms with Crippen LogP contribution in [0.15, 0.2) is 18.2 Å². The first-order chi connectivity index (χ1) is 9.99. The Bertz CT molecular complexity index is 451. The highest BCUT2D eigenvalue weighted by Gasteiger charge is 2.25. The molecule has 1 fully saturated rings. The molecular formula is C18H29FN2. The van der Waals surface area contributed by atoms with E-state index < -0.39 is 0 Å². The highest BCUT2D eigenvalue weighted by Crippen LogP contribution is 2.31. The Morgan fingerprint density at radius 3 is 2.43 bits per heavy atom. The number of nitrogens with two attached hydrogens (primary N) is 1. The Morgan fingerprint density at radius 2 is 1.90 bits per heavy atom. The molecule has 21 heavy (non-hydrogen) atoms. The van der Waals surface area contributed by atoms with Crippen LogP contribution < -0.4 is 10.6 Å². The summed E-state index contributed by atoms with van der Waals surface area (Å²) in [5.41, 5.74) is 7.47. The monoisotopic (exact) mass is 292 g/mol. The molecule has 0 bridgehead atoms. The summed E-state index contributed by atoms with van der Waals surface area (Å²) < 4.78 is 14.5. The van der Waals surface area contributed by atoms with Gasteiger partial charge in [0, 0.05) is 18.6 Å². The van der Waals surface area contributed by atoms with Gasteiger partial charge in [0.1, 0.15) is 5.82 Å². The fourth-order valence-corrected chi connectivity index (χ4v) is 3.15. The van der Waals surface area contributed by atoms with E-state index in [1.54, 1.807) is 6.07 Å². The molecule has 0 spiro atoms. The molecule has 1 aromatic rings. The van der Waals surface area contributed by atoms with Gasteiger partial charge in [0.05, 0.1) is 5.69 Å². The molecular weight excluding hydrogens is 263 g/mol. The molecule has 0 saturated heterocycles. The van der Waals surface area contributed by atoms with Crippen LogP contribution >= 0.6 is 0 Å². The van der Waals surface area contributed by atoms with E-state index >= 15 is 0 Å². The van der Waals surface area contributed by atoms with Crippen molar-refractivity contribution in [3.8, 4) is 0 Å². The van der Waals surface area contributed by atoms with E-state index in [1.165, 1.54) is 25.7 Å². The summed E-state index contributed by atoms with van der Waals surface area (Å²) in [5, 5.41) is 0. The molecule has 1 saturated carbocycles. The highest BCUT2D eigenvalue weighted by atomic mass is 19.1. The van der Waals surface area contributed by atoms with Crippen molar-refractivity contribution in [3.63, 3.8) is 0 Å². The minimum atomic E-state index is -0.125. The summed E-state index contributed by atoms with van der Waals surface area (Å²) in [5.74, 6) is 0.515. The van der Waals surface area contributed by atoms with Crippen molar-refractivity contribution >= 4 is 5.69 Å². The second kappa shape index (κ2) is 7.26. The average molecular weight is 292 g/mol. The molecule has 1 aliphatic carbocycles. The van der Waals surface area contributed by atoms with Gasteiger partial charge in [0.15, 0.2) is 0 Å². The number of hydrogen-bond donors (Lipinski definition) is 1. The van der Waals surface area contributed by atoms with E-state index in [9.17, 15) is 4.39 Å². The average Bonchev–Trinajstić information content (AvgIpc) is 2.94. The van der Waals surface area contributed by atoms with Gasteiger partial charge in [0.25, 0.3) is 0 Å². The number of nitrogens with zero attached hydrogens (tertiary/aromatic N) is 1. The van der Waals surface area contributed by atoms with Crippen LogP contribution in [0.3, 0.4) is 0 Å². The van der Waals surface area contributed by atoms with Crippen LogP contribution in [0.5, 0.6) is 0 Å². The predicted octanol–water partition coefficient (Wildman–Crippen LogP) is 4.64. The van der Waals surface area contributed by atoms with Gasteiger partial charge in [-0.2, -0.15) is 0 Å². The molecule has 0 unspecified atom stereocenters. The molecule has 1 atom stereocenters. The zero-order valence-electron chi connectivity index (χ0n) is 13.6. The number of benzene rings is 1. The fourth-order valence-electron chi connectivity index (χ4n) is 3.15. The van der Waals surface area contributed by atoms with Gasteiger partial charge in [0.2, 0.25) is 0 Å². The van der Waals surface area contributed by atoms with E-state index in [0.29, 0.717) is 12.0 Å². The molecule has 0 radical (unpaired) electrons. The summed E-state index contributed by atoms with van der Waals surface area (Å²) in [4.78, 5) is 2.30. The third kappa shape index (κ3) is 4.19. The van der Waals surface area contributed by atoms with Crippen molar-refractivity contribution in [2.45, 2.75) is 65.0 Å². The van der Waals surface area contributed by atoms with E-state index in [0.717, 1.165) is 24.2 Å². The van der Waals surface area contributed by atoms with E-state index in [2.05, 4.69) is 18.7 Å². The van der Waals surface area contributed by atoms with Crippen LogP contribution in [0.4, 0.5) is 10.1 Å². The normalized spacial score (nSPS) is 17.4. The van der Waals surface area contributed by atoms with Crippen LogP contribution in [0.1, 0.15) is 64.5 Å². The van der Waals surface area contributed by atoms with Gasteiger partial charge in [-0.1, -0.05) is 32.8 Å². The Kier molecular flexibility index (Phi) is 5.63. The third-order valence-electron chi connectivity index (χ3n) is 4.52. The first kappa shape index (κ1) is 16.3. The maximum Gasteiger partial charge on any atom is 0.146 e. The minimum Gasteiger partial charge on any atom is -0.366 e. The van der Waals surface area contributed by atoms with Crippen molar-refractivity contribution in [2.75, 3.05) is 11.4 Å². The predicted molar refractivity (Wildman–Crippen MR) is 88.1 cm³/mol. The van der Waals surface area contributed by atoms with Gasteiger partial charge < -0.3 is 10.6 Å². The molecule has 0 heterocycles. The first-order valence-electron chi connectivity index (χ1n) is 8.30. The molecule has 1 aliphatic rings. The Hall–Kier alpha value is -1.09.